The third-order valence-electron chi connectivity index (χ3n) is 5.57. The Kier molecular flexibility index (Phi) is 9.16. The van der Waals surface area contributed by atoms with Gasteiger partial charge in [0.2, 0.25) is 5.91 Å². The Balaban J connectivity index is 1.72. The van der Waals surface area contributed by atoms with Gasteiger partial charge in [0, 0.05) is 37.8 Å². The predicted molar refractivity (Wildman–Crippen MR) is 135 cm³/mol. The topological polar surface area (TPSA) is 63.2 Å². The van der Waals surface area contributed by atoms with Gasteiger partial charge in [0.15, 0.2) is 0 Å². The van der Waals surface area contributed by atoms with Crippen LogP contribution in [0.4, 0.5) is 5.69 Å². The number of rotatable bonds is 11. The van der Waals surface area contributed by atoms with Crippen LogP contribution in [0.3, 0.4) is 0 Å². The van der Waals surface area contributed by atoms with Gasteiger partial charge >= 0.3 is 0 Å². The molecule has 0 radical (unpaired) electrons. The lowest BCUT2D eigenvalue weighted by atomic mass is 9.88. The first-order chi connectivity index (χ1) is 16.0. The van der Waals surface area contributed by atoms with E-state index in [0.717, 1.165) is 47.6 Å². The van der Waals surface area contributed by atoms with Crippen LogP contribution in [-0.4, -0.2) is 31.2 Å². The van der Waals surface area contributed by atoms with Gasteiger partial charge < -0.3 is 15.4 Å². The summed E-state index contributed by atoms with van der Waals surface area (Å²) in [6, 6.07) is 20.4. The number of pyridine rings is 1. The number of aryl methyl sites for hydroxylation is 1. The van der Waals surface area contributed by atoms with E-state index in [2.05, 4.69) is 53.7 Å². The van der Waals surface area contributed by atoms with E-state index in [9.17, 15) is 4.79 Å². The van der Waals surface area contributed by atoms with Crippen molar-refractivity contribution in [1.82, 2.24) is 10.3 Å². The van der Waals surface area contributed by atoms with Gasteiger partial charge in [0.25, 0.3) is 0 Å². The van der Waals surface area contributed by atoms with Crippen LogP contribution in [0.1, 0.15) is 43.0 Å². The van der Waals surface area contributed by atoms with Crippen LogP contribution < -0.4 is 10.6 Å². The molecule has 2 aromatic carbocycles. The molecule has 1 amide bonds. The van der Waals surface area contributed by atoms with Gasteiger partial charge in [0.05, 0.1) is 12.5 Å². The largest absolute Gasteiger partial charge is 0.383 e. The molecule has 5 heteroatoms. The van der Waals surface area contributed by atoms with Crippen molar-refractivity contribution in [3.05, 3.63) is 83.7 Å². The average Bonchev–Trinajstić information content (AvgIpc) is 2.81. The van der Waals surface area contributed by atoms with Gasteiger partial charge in [-0.05, 0) is 65.8 Å². The Morgan fingerprint density at radius 2 is 1.82 bits per heavy atom. The van der Waals surface area contributed by atoms with Gasteiger partial charge in [-0.1, -0.05) is 50.2 Å². The molecule has 1 aromatic heterocycles. The predicted octanol–water partition coefficient (Wildman–Crippen LogP) is 5.56. The van der Waals surface area contributed by atoms with E-state index in [0.29, 0.717) is 12.5 Å². The number of benzene rings is 2. The lowest BCUT2D eigenvalue weighted by Crippen LogP contribution is -2.23. The summed E-state index contributed by atoms with van der Waals surface area (Å²) in [5.74, 6) is 0.230. The van der Waals surface area contributed by atoms with Crippen molar-refractivity contribution in [1.29, 1.82) is 0 Å². The summed E-state index contributed by atoms with van der Waals surface area (Å²) in [5, 5.41) is 6.50. The molecule has 3 aromatic rings. The number of hydrogen-bond donors (Lipinski definition) is 2. The second-order valence-electron chi connectivity index (χ2n) is 8.85. The number of amides is 1. The van der Waals surface area contributed by atoms with E-state index in [1.807, 2.05) is 49.5 Å². The van der Waals surface area contributed by atoms with E-state index in [4.69, 9.17) is 4.74 Å². The number of carbonyl (C=O) groups is 1. The summed E-state index contributed by atoms with van der Waals surface area (Å²) in [4.78, 5) is 17.6. The second kappa shape index (κ2) is 12.3. The summed E-state index contributed by atoms with van der Waals surface area (Å²) in [6.45, 7) is 8.52. The summed E-state index contributed by atoms with van der Waals surface area (Å²) < 4.78 is 5.09. The molecular formula is C28H35N3O2. The van der Waals surface area contributed by atoms with Gasteiger partial charge in [-0.2, -0.15) is 0 Å². The van der Waals surface area contributed by atoms with E-state index in [1.54, 1.807) is 7.11 Å². The van der Waals surface area contributed by atoms with Crippen LogP contribution in [0.2, 0.25) is 0 Å². The van der Waals surface area contributed by atoms with Crippen molar-refractivity contribution in [2.24, 2.45) is 5.92 Å². The molecular weight excluding hydrogens is 410 g/mol. The van der Waals surface area contributed by atoms with E-state index in [1.165, 1.54) is 5.56 Å². The zero-order valence-electron chi connectivity index (χ0n) is 20.1. The highest BCUT2D eigenvalue weighted by molar-refractivity contribution is 5.96. The van der Waals surface area contributed by atoms with Crippen LogP contribution in [0.25, 0.3) is 11.1 Å². The molecule has 0 saturated heterocycles. The monoisotopic (exact) mass is 445 g/mol. The molecule has 0 aliphatic carbocycles. The molecule has 33 heavy (non-hydrogen) atoms. The minimum atomic E-state index is -0.202. The number of aromatic nitrogens is 1. The maximum absolute atomic E-state index is 13.3. The smallest absolute Gasteiger partial charge is 0.231 e. The molecule has 1 unspecified atom stereocenters. The van der Waals surface area contributed by atoms with Gasteiger partial charge in [0.1, 0.15) is 0 Å². The van der Waals surface area contributed by atoms with Crippen LogP contribution in [-0.2, 0) is 16.1 Å². The molecule has 0 fully saturated rings. The van der Waals surface area contributed by atoms with Crippen molar-refractivity contribution in [3.63, 3.8) is 0 Å². The Hall–Kier alpha value is -3.02. The standard InChI is InChI=1S/C28H35N3O2/c1-20(2)16-27(25-7-5-6-22(18-25)19-29-14-15-33-4)28(32)31-26-10-8-23(9-11-26)24-12-13-30-21(3)17-24/h5-13,17-18,20,27,29H,14-16,19H2,1-4H3,(H,31,32). The number of nitrogens with one attached hydrogen (secondary N) is 2. The van der Waals surface area contributed by atoms with Crippen molar-refractivity contribution in [2.75, 3.05) is 25.6 Å². The molecule has 174 valence electrons. The fourth-order valence-electron chi connectivity index (χ4n) is 3.89. The lowest BCUT2D eigenvalue weighted by Gasteiger charge is -2.20. The van der Waals surface area contributed by atoms with E-state index in [-0.39, 0.29) is 11.8 Å². The summed E-state index contributed by atoms with van der Waals surface area (Å²) in [7, 11) is 1.70. The van der Waals surface area contributed by atoms with Gasteiger partial charge in [-0.15, -0.1) is 0 Å². The van der Waals surface area contributed by atoms with Crippen molar-refractivity contribution in [2.45, 2.75) is 39.7 Å². The zero-order valence-corrected chi connectivity index (χ0v) is 20.1. The van der Waals surface area contributed by atoms with Crippen LogP contribution in [0.5, 0.6) is 0 Å². The quantitative estimate of drug-likeness (QED) is 0.379. The van der Waals surface area contributed by atoms with Crippen molar-refractivity contribution in [3.8, 4) is 11.1 Å². The number of anilines is 1. The number of methoxy groups -OCH3 is 1. The number of hydrogen-bond acceptors (Lipinski definition) is 4. The molecule has 0 bridgehead atoms. The first kappa shape index (κ1) is 24.6. The van der Waals surface area contributed by atoms with Crippen molar-refractivity contribution < 1.29 is 9.53 Å². The summed E-state index contributed by atoms with van der Waals surface area (Å²) in [5.41, 5.74) is 6.23. The Morgan fingerprint density at radius 1 is 1.03 bits per heavy atom. The number of ether oxygens (including phenoxy) is 1. The fraction of sp³-hybridized carbons (Fsp3) is 0.357. The number of carbonyl (C=O) groups excluding carboxylic acids is 1. The summed E-state index contributed by atoms with van der Waals surface area (Å²) >= 11 is 0. The normalized spacial score (nSPS) is 12.0. The third kappa shape index (κ3) is 7.52. The molecule has 1 heterocycles. The minimum Gasteiger partial charge on any atom is -0.383 e. The molecule has 0 aliphatic heterocycles. The molecule has 1 atom stereocenters. The second-order valence-corrected chi connectivity index (χ2v) is 8.85. The van der Waals surface area contributed by atoms with E-state index < -0.39 is 0 Å². The molecule has 0 spiro atoms. The van der Waals surface area contributed by atoms with Gasteiger partial charge in [-0.25, -0.2) is 0 Å². The Bertz CT molecular complexity index is 1030. The maximum Gasteiger partial charge on any atom is 0.231 e. The van der Waals surface area contributed by atoms with Gasteiger partial charge in [-0.3, -0.25) is 9.78 Å². The van der Waals surface area contributed by atoms with Crippen LogP contribution in [0.15, 0.2) is 66.9 Å². The molecule has 5 nitrogen and oxygen atoms in total. The third-order valence-corrected chi connectivity index (χ3v) is 5.57. The Labute approximate surface area is 197 Å². The maximum atomic E-state index is 13.3. The molecule has 3 rings (SSSR count). The molecule has 0 saturated carbocycles. The number of nitrogens with zero attached hydrogens (tertiary/aromatic N) is 1. The zero-order chi connectivity index (χ0) is 23.6. The highest BCUT2D eigenvalue weighted by atomic mass is 16.5. The van der Waals surface area contributed by atoms with Crippen LogP contribution >= 0.6 is 0 Å². The minimum absolute atomic E-state index is 0.0284. The lowest BCUT2D eigenvalue weighted by molar-refractivity contribution is -0.117. The summed E-state index contributed by atoms with van der Waals surface area (Å²) in [6.07, 6.45) is 2.61. The highest BCUT2D eigenvalue weighted by Crippen LogP contribution is 2.27. The highest BCUT2D eigenvalue weighted by Gasteiger charge is 2.22. The van der Waals surface area contributed by atoms with Crippen molar-refractivity contribution >= 4 is 11.6 Å². The average molecular weight is 446 g/mol. The van der Waals surface area contributed by atoms with E-state index >= 15 is 0 Å². The first-order valence-corrected chi connectivity index (χ1v) is 11.6. The molecule has 2 N–H and O–H groups in total. The molecule has 0 aliphatic rings. The fourth-order valence-corrected chi connectivity index (χ4v) is 3.89. The SMILES string of the molecule is COCCNCc1cccc(C(CC(C)C)C(=O)Nc2ccc(-c3ccnc(C)c3)cc2)c1. The first-order valence-electron chi connectivity index (χ1n) is 11.6. The Morgan fingerprint density at radius 3 is 2.52 bits per heavy atom. The van der Waals surface area contributed by atoms with Crippen LogP contribution in [0, 0.1) is 12.8 Å².